The number of nitrogens with one attached hydrogen (secondary N) is 1. The Bertz CT molecular complexity index is 93.0. The molecular weight excluding hydrogens is 134 g/mol. The summed E-state index contributed by atoms with van der Waals surface area (Å²) in [5.74, 6) is 0. The lowest BCUT2D eigenvalue weighted by Crippen LogP contribution is -2.38. The van der Waals surface area contributed by atoms with E-state index in [9.17, 15) is 5.11 Å². The van der Waals surface area contributed by atoms with Gasteiger partial charge in [0.25, 0.3) is 0 Å². The summed E-state index contributed by atoms with van der Waals surface area (Å²) >= 11 is 0. The summed E-state index contributed by atoms with van der Waals surface area (Å²) in [6.07, 6.45) is -0.302. The van der Waals surface area contributed by atoms with Crippen LogP contribution >= 0.6 is 0 Å². The summed E-state index contributed by atoms with van der Waals surface area (Å²) in [6, 6.07) is 0. The van der Waals surface area contributed by atoms with Gasteiger partial charge in [0, 0.05) is 13.0 Å². The van der Waals surface area contributed by atoms with Crippen LogP contribution in [0.3, 0.4) is 0 Å². The zero-order chi connectivity index (χ0) is 8.20. The van der Waals surface area contributed by atoms with Crippen LogP contribution in [0.15, 0.2) is 0 Å². The molecule has 0 saturated heterocycles. The smallest absolute Gasteiger partial charge is 0.0791 e. The lowest BCUT2D eigenvalue weighted by molar-refractivity contribution is -0.0164. The highest BCUT2D eigenvalue weighted by atomic mass is 16.5. The molecule has 0 heterocycles. The van der Waals surface area contributed by atoms with Crippen molar-refractivity contribution >= 4 is 0 Å². The first-order valence-electron chi connectivity index (χ1n) is 3.25. The number of aliphatic hydroxyl groups excluding tert-OH is 1. The summed E-state index contributed by atoms with van der Waals surface area (Å²) < 4.78 is 0. The van der Waals surface area contributed by atoms with Gasteiger partial charge in [0.1, 0.15) is 0 Å². The van der Waals surface area contributed by atoms with Crippen molar-refractivity contribution < 1.29 is 15.4 Å². The molecule has 0 fully saturated rings. The van der Waals surface area contributed by atoms with E-state index in [-0.39, 0.29) is 13.0 Å². The first kappa shape index (κ1) is 9.84. The third kappa shape index (κ3) is 4.69. The molecule has 0 aromatic carbocycles. The van der Waals surface area contributed by atoms with Crippen LogP contribution in [0.1, 0.15) is 20.3 Å². The average molecular weight is 149 g/mol. The van der Waals surface area contributed by atoms with E-state index < -0.39 is 11.7 Å². The minimum absolute atomic E-state index is 0.0674. The second-order valence-corrected chi connectivity index (χ2v) is 2.88. The first-order valence-corrected chi connectivity index (χ1v) is 3.25. The fourth-order valence-electron chi connectivity index (χ4n) is 0.879. The molecule has 4 N–H and O–H groups in total. The van der Waals surface area contributed by atoms with Crippen molar-refractivity contribution in [3.05, 3.63) is 0 Å². The molecule has 0 saturated carbocycles. The predicted molar refractivity (Wildman–Crippen MR) is 36.7 cm³/mol. The maximum Gasteiger partial charge on any atom is 0.0791 e. The topological polar surface area (TPSA) is 72.7 Å². The van der Waals surface area contributed by atoms with E-state index in [0.717, 1.165) is 0 Å². The SMILES string of the molecule is CC(O)CC(C)(O)CNO. The molecule has 0 amide bonds. The standard InChI is InChI=1S/C6H15NO3/c1-5(8)3-6(2,9)4-7-10/h5,7-10H,3-4H2,1-2H3. The highest BCUT2D eigenvalue weighted by molar-refractivity contribution is 4.75. The Balaban J connectivity index is 3.63. The fourth-order valence-corrected chi connectivity index (χ4v) is 0.879. The van der Waals surface area contributed by atoms with Crippen molar-refractivity contribution in [2.45, 2.75) is 32.0 Å². The van der Waals surface area contributed by atoms with Crippen molar-refractivity contribution in [1.82, 2.24) is 5.48 Å². The molecule has 0 rings (SSSR count). The van der Waals surface area contributed by atoms with E-state index in [4.69, 9.17) is 10.3 Å². The Morgan fingerprint density at radius 1 is 1.60 bits per heavy atom. The molecule has 0 aliphatic carbocycles. The molecule has 2 unspecified atom stereocenters. The van der Waals surface area contributed by atoms with Gasteiger partial charge in [0.05, 0.1) is 11.7 Å². The molecule has 0 bridgehead atoms. The number of hydrogen-bond donors (Lipinski definition) is 4. The second kappa shape index (κ2) is 3.88. The molecule has 0 aromatic rings. The Labute approximate surface area is 60.5 Å². The van der Waals surface area contributed by atoms with E-state index in [1.807, 2.05) is 5.48 Å². The van der Waals surface area contributed by atoms with Crippen molar-refractivity contribution in [2.24, 2.45) is 0 Å². The summed E-state index contributed by atoms with van der Waals surface area (Å²) in [5, 5.41) is 26.4. The van der Waals surface area contributed by atoms with Gasteiger partial charge in [0.15, 0.2) is 0 Å². The molecular formula is C6H15NO3. The van der Waals surface area contributed by atoms with E-state index in [0.29, 0.717) is 0 Å². The van der Waals surface area contributed by atoms with Crippen molar-refractivity contribution in [3.63, 3.8) is 0 Å². The Hall–Kier alpha value is -0.160. The maximum absolute atomic E-state index is 9.30. The molecule has 0 aliphatic heterocycles. The van der Waals surface area contributed by atoms with Crippen LogP contribution in [0.5, 0.6) is 0 Å². The van der Waals surface area contributed by atoms with Gasteiger partial charge in [-0.05, 0) is 13.8 Å². The summed E-state index contributed by atoms with van der Waals surface area (Å²) in [4.78, 5) is 0. The zero-order valence-electron chi connectivity index (χ0n) is 6.33. The third-order valence-electron chi connectivity index (χ3n) is 1.20. The van der Waals surface area contributed by atoms with Gasteiger partial charge in [-0.2, -0.15) is 0 Å². The third-order valence-corrected chi connectivity index (χ3v) is 1.20. The number of rotatable bonds is 4. The predicted octanol–water partition coefficient (Wildman–Crippen LogP) is -0.513. The Morgan fingerprint density at radius 2 is 2.10 bits per heavy atom. The minimum Gasteiger partial charge on any atom is -0.393 e. The number of hydrogen-bond acceptors (Lipinski definition) is 4. The number of aliphatic hydroxyl groups is 2. The van der Waals surface area contributed by atoms with Gasteiger partial charge in [-0.15, -0.1) is 0 Å². The largest absolute Gasteiger partial charge is 0.393 e. The van der Waals surface area contributed by atoms with Crippen molar-refractivity contribution in [2.75, 3.05) is 6.54 Å². The molecule has 0 aromatic heterocycles. The normalized spacial score (nSPS) is 20.1. The summed E-state index contributed by atoms with van der Waals surface area (Å²) in [5.41, 5.74) is 0.813. The average Bonchev–Trinajstić information content (AvgIpc) is 1.59. The van der Waals surface area contributed by atoms with Gasteiger partial charge in [-0.25, -0.2) is 5.48 Å². The van der Waals surface area contributed by atoms with E-state index in [1.54, 1.807) is 13.8 Å². The van der Waals surface area contributed by atoms with E-state index in [2.05, 4.69) is 0 Å². The molecule has 10 heavy (non-hydrogen) atoms. The minimum atomic E-state index is -1.04. The number of hydroxylamine groups is 1. The van der Waals surface area contributed by atoms with Crippen LogP contribution in [0.2, 0.25) is 0 Å². The molecule has 4 nitrogen and oxygen atoms in total. The van der Waals surface area contributed by atoms with Crippen molar-refractivity contribution in [3.8, 4) is 0 Å². The summed E-state index contributed by atoms with van der Waals surface area (Å²) in [6.45, 7) is 3.20. The van der Waals surface area contributed by atoms with Gasteiger partial charge in [-0.3, -0.25) is 0 Å². The van der Waals surface area contributed by atoms with Crippen LogP contribution in [0.25, 0.3) is 0 Å². The van der Waals surface area contributed by atoms with Crippen molar-refractivity contribution in [1.29, 1.82) is 0 Å². The zero-order valence-corrected chi connectivity index (χ0v) is 6.33. The Morgan fingerprint density at radius 3 is 2.40 bits per heavy atom. The fraction of sp³-hybridized carbons (Fsp3) is 1.00. The lowest BCUT2D eigenvalue weighted by atomic mass is 10.00. The molecule has 0 spiro atoms. The highest BCUT2D eigenvalue weighted by Gasteiger charge is 2.21. The highest BCUT2D eigenvalue weighted by Crippen LogP contribution is 2.09. The lowest BCUT2D eigenvalue weighted by Gasteiger charge is -2.23. The second-order valence-electron chi connectivity index (χ2n) is 2.88. The van der Waals surface area contributed by atoms with Gasteiger partial charge < -0.3 is 15.4 Å². The van der Waals surface area contributed by atoms with Crippen LogP contribution in [0, 0.1) is 0 Å². The van der Waals surface area contributed by atoms with Gasteiger partial charge in [0.2, 0.25) is 0 Å². The van der Waals surface area contributed by atoms with Gasteiger partial charge >= 0.3 is 0 Å². The molecule has 62 valence electrons. The summed E-state index contributed by atoms with van der Waals surface area (Å²) in [7, 11) is 0. The van der Waals surface area contributed by atoms with Crippen LogP contribution < -0.4 is 5.48 Å². The van der Waals surface area contributed by atoms with Crippen LogP contribution in [-0.2, 0) is 0 Å². The van der Waals surface area contributed by atoms with Crippen LogP contribution in [-0.4, -0.2) is 33.7 Å². The quantitative estimate of drug-likeness (QED) is 0.406. The van der Waals surface area contributed by atoms with Crippen LogP contribution in [0.4, 0.5) is 0 Å². The molecule has 2 atom stereocenters. The van der Waals surface area contributed by atoms with E-state index >= 15 is 0 Å². The molecule has 4 heteroatoms. The van der Waals surface area contributed by atoms with Gasteiger partial charge in [-0.1, -0.05) is 0 Å². The van der Waals surface area contributed by atoms with E-state index in [1.165, 1.54) is 0 Å². The molecule has 0 aliphatic rings. The monoisotopic (exact) mass is 149 g/mol. The maximum atomic E-state index is 9.30. The Kier molecular flexibility index (Phi) is 3.81. The molecule has 0 radical (unpaired) electrons. The first-order chi connectivity index (χ1) is 4.48.